The molecule has 4 heteroatoms. The average molecular weight is 296 g/mol. The Bertz CT molecular complexity index is 527. The van der Waals surface area contributed by atoms with Gasteiger partial charge in [0.1, 0.15) is 11.9 Å². The first-order chi connectivity index (χ1) is 8.08. The number of anilines is 1. The molecular weight excluding hydrogens is 285 g/mol. The van der Waals surface area contributed by atoms with Gasteiger partial charge in [0.05, 0.1) is 0 Å². The van der Waals surface area contributed by atoms with Crippen molar-refractivity contribution in [1.82, 2.24) is 0 Å². The van der Waals surface area contributed by atoms with Crippen LogP contribution in [0.25, 0.3) is 0 Å². The first-order valence-corrected chi connectivity index (χ1v) is 5.85. The Balaban J connectivity index is 2.39. The summed E-state index contributed by atoms with van der Waals surface area (Å²) in [5.41, 5.74) is 7.52. The van der Waals surface area contributed by atoms with E-state index >= 15 is 0 Å². The number of nitrogens with two attached hydrogens (primary N) is 1. The third-order valence-electron chi connectivity index (χ3n) is 2.53. The number of rotatable bonds is 2. The van der Waals surface area contributed by atoms with Crippen LogP contribution in [-0.4, -0.2) is 5.11 Å². The molecule has 0 aliphatic rings. The van der Waals surface area contributed by atoms with Crippen LogP contribution in [0.15, 0.2) is 46.9 Å². The lowest BCUT2D eigenvalue weighted by atomic mass is 10.0. The number of nitrogen functional groups attached to an aromatic ring is 1. The van der Waals surface area contributed by atoms with Crippen molar-refractivity contribution >= 4 is 21.6 Å². The molecule has 0 bridgehead atoms. The molecule has 17 heavy (non-hydrogen) atoms. The van der Waals surface area contributed by atoms with Crippen molar-refractivity contribution in [2.45, 2.75) is 6.10 Å². The van der Waals surface area contributed by atoms with Crippen molar-refractivity contribution in [1.29, 1.82) is 0 Å². The number of benzene rings is 2. The van der Waals surface area contributed by atoms with Crippen LogP contribution in [-0.2, 0) is 0 Å². The molecule has 3 N–H and O–H groups in total. The van der Waals surface area contributed by atoms with E-state index in [4.69, 9.17) is 5.73 Å². The highest BCUT2D eigenvalue weighted by Gasteiger charge is 2.13. The van der Waals surface area contributed by atoms with Crippen LogP contribution in [0.3, 0.4) is 0 Å². The van der Waals surface area contributed by atoms with Crippen molar-refractivity contribution < 1.29 is 9.50 Å². The van der Waals surface area contributed by atoms with Gasteiger partial charge >= 0.3 is 0 Å². The number of halogens is 2. The molecule has 2 aromatic rings. The van der Waals surface area contributed by atoms with Crippen molar-refractivity contribution in [3.8, 4) is 0 Å². The highest BCUT2D eigenvalue weighted by molar-refractivity contribution is 9.10. The summed E-state index contributed by atoms with van der Waals surface area (Å²) in [5.74, 6) is -0.330. The molecule has 0 aliphatic heterocycles. The fraction of sp³-hybridized carbons (Fsp3) is 0.0769. The van der Waals surface area contributed by atoms with Gasteiger partial charge in [-0.3, -0.25) is 0 Å². The standard InChI is InChI=1S/C13H11BrFNO/c14-9-3-6-12(16)11(7-9)13(17)8-1-4-10(15)5-2-8/h1-7,13,17H,16H2. The molecule has 0 aromatic heterocycles. The third kappa shape index (κ3) is 2.65. The van der Waals surface area contributed by atoms with Gasteiger partial charge in [0.2, 0.25) is 0 Å². The monoisotopic (exact) mass is 295 g/mol. The molecular formula is C13H11BrFNO. The van der Waals surface area contributed by atoms with Crippen LogP contribution < -0.4 is 5.73 Å². The second-order valence-corrected chi connectivity index (χ2v) is 4.64. The predicted octanol–water partition coefficient (Wildman–Crippen LogP) is 3.25. The molecule has 0 fully saturated rings. The van der Waals surface area contributed by atoms with Crippen LogP contribution in [0.2, 0.25) is 0 Å². The average Bonchev–Trinajstić information content (AvgIpc) is 2.32. The fourth-order valence-corrected chi connectivity index (χ4v) is 1.99. The Hall–Kier alpha value is -1.39. The molecule has 0 amide bonds. The lowest BCUT2D eigenvalue weighted by Gasteiger charge is -2.14. The van der Waals surface area contributed by atoms with Gasteiger partial charge in [0, 0.05) is 15.7 Å². The smallest absolute Gasteiger partial charge is 0.123 e. The van der Waals surface area contributed by atoms with Gasteiger partial charge < -0.3 is 10.8 Å². The fourth-order valence-electron chi connectivity index (χ4n) is 1.61. The van der Waals surface area contributed by atoms with Crippen molar-refractivity contribution in [3.63, 3.8) is 0 Å². The number of aliphatic hydroxyl groups excluding tert-OH is 1. The van der Waals surface area contributed by atoms with Crippen molar-refractivity contribution in [2.75, 3.05) is 5.73 Å². The van der Waals surface area contributed by atoms with Gasteiger partial charge in [0.25, 0.3) is 0 Å². The van der Waals surface area contributed by atoms with Crippen LogP contribution in [0.1, 0.15) is 17.2 Å². The Morgan fingerprint density at radius 3 is 2.41 bits per heavy atom. The van der Waals surface area contributed by atoms with Gasteiger partial charge in [-0.15, -0.1) is 0 Å². The molecule has 0 saturated carbocycles. The summed E-state index contributed by atoms with van der Waals surface area (Å²) in [6.07, 6.45) is -0.854. The highest BCUT2D eigenvalue weighted by Crippen LogP contribution is 2.29. The molecule has 2 nitrogen and oxygen atoms in total. The number of hydrogen-bond acceptors (Lipinski definition) is 2. The van der Waals surface area contributed by atoms with E-state index in [1.54, 1.807) is 30.3 Å². The second-order valence-electron chi connectivity index (χ2n) is 3.73. The summed E-state index contributed by atoms with van der Waals surface area (Å²) in [6.45, 7) is 0. The maximum atomic E-state index is 12.8. The molecule has 2 aromatic carbocycles. The maximum absolute atomic E-state index is 12.8. The van der Waals surface area contributed by atoms with Crippen LogP contribution in [0.4, 0.5) is 10.1 Å². The largest absolute Gasteiger partial charge is 0.398 e. The SMILES string of the molecule is Nc1ccc(Br)cc1C(O)c1ccc(F)cc1. The Morgan fingerprint density at radius 2 is 1.76 bits per heavy atom. The van der Waals surface area contributed by atoms with E-state index in [0.29, 0.717) is 16.8 Å². The van der Waals surface area contributed by atoms with Crippen LogP contribution in [0, 0.1) is 5.82 Å². The molecule has 0 spiro atoms. The van der Waals surface area contributed by atoms with E-state index in [2.05, 4.69) is 15.9 Å². The van der Waals surface area contributed by atoms with E-state index in [1.165, 1.54) is 12.1 Å². The third-order valence-corrected chi connectivity index (χ3v) is 3.02. The minimum absolute atomic E-state index is 0.330. The van der Waals surface area contributed by atoms with E-state index in [-0.39, 0.29) is 5.82 Å². The maximum Gasteiger partial charge on any atom is 0.123 e. The molecule has 0 aliphatic carbocycles. The Kier molecular flexibility index (Phi) is 3.45. The molecule has 1 atom stereocenters. The van der Waals surface area contributed by atoms with E-state index in [1.807, 2.05) is 0 Å². The lowest BCUT2D eigenvalue weighted by molar-refractivity contribution is 0.221. The Labute approximate surface area is 107 Å². The van der Waals surface area contributed by atoms with Gasteiger partial charge in [0.15, 0.2) is 0 Å². The minimum atomic E-state index is -0.854. The van der Waals surface area contributed by atoms with Crippen LogP contribution >= 0.6 is 15.9 Å². The Morgan fingerprint density at radius 1 is 1.12 bits per heavy atom. The summed E-state index contributed by atoms with van der Waals surface area (Å²) in [7, 11) is 0. The first-order valence-electron chi connectivity index (χ1n) is 5.06. The molecule has 0 heterocycles. The summed E-state index contributed by atoms with van der Waals surface area (Å²) >= 11 is 3.32. The first kappa shape index (κ1) is 12.1. The topological polar surface area (TPSA) is 46.2 Å². The van der Waals surface area contributed by atoms with E-state index in [0.717, 1.165) is 4.47 Å². The summed E-state index contributed by atoms with van der Waals surface area (Å²) in [6, 6.07) is 11.0. The normalized spacial score (nSPS) is 12.4. The van der Waals surface area contributed by atoms with Gasteiger partial charge in [-0.25, -0.2) is 4.39 Å². The second kappa shape index (κ2) is 4.85. The van der Waals surface area contributed by atoms with E-state index in [9.17, 15) is 9.50 Å². The molecule has 2 rings (SSSR count). The summed E-state index contributed by atoms with van der Waals surface area (Å²) < 4.78 is 13.6. The molecule has 0 radical (unpaired) electrons. The van der Waals surface area contributed by atoms with Crippen molar-refractivity contribution in [3.05, 3.63) is 63.9 Å². The summed E-state index contributed by atoms with van der Waals surface area (Å²) in [4.78, 5) is 0. The molecule has 1 unspecified atom stereocenters. The molecule has 0 saturated heterocycles. The number of aliphatic hydroxyl groups is 1. The predicted molar refractivity (Wildman–Crippen MR) is 69.0 cm³/mol. The number of hydrogen-bond donors (Lipinski definition) is 2. The zero-order valence-corrected chi connectivity index (χ0v) is 10.5. The van der Waals surface area contributed by atoms with Gasteiger partial charge in [-0.05, 0) is 35.9 Å². The van der Waals surface area contributed by atoms with Crippen molar-refractivity contribution in [2.24, 2.45) is 0 Å². The minimum Gasteiger partial charge on any atom is -0.398 e. The zero-order chi connectivity index (χ0) is 12.4. The molecule has 88 valence electrons. The highest BCUT2D eigenvalue weighted by atomic mass is 79.9. The lowest BCUT2D eigenvalue weighted by Crippen LogP contribution is -2.03. The van der Waals surface area contributed by atoms with Gasteiger partial charge in [-0.1, -0.05) is 28.1 Å². The zero-order valence-electron chi connectivity index (χ0n) is 8.90. The quantitative estimate of drug-likeness (QED) is 0.836. The summed E-state index contributed by atoms with van der Waals surface area (Å²) in [5, 5.41) is 10.2. The van der Waals surface area contributed by atoms with E-state index < -0.39 is 6.10 Å². The van der Waals surface area contributed by atoms with Gasteiger partial charge in [-0.2, -0.15) is 0 Å². The van der Waals surface area contributed by atoms with Crippen LogP contribution in [0.5, 0.6) is 0 Å².